The van der Waals surface area contributed by atoms with Gasteiger partial charge in [-0.2, -0.15) is 0 Å². The lowest BCUT2D eigenvalue weighted by Gasteiger charge is -2.31. The first-order valence-electron chi connectivity index (χ1n) is 9.67. The predicted molar refractivity (Wildman–Crippen MR) is 119 cm³/mol. The van der Waals surface area contributed by atoms with Gasteiger partial charge in [-0.25, -0.2) is 0 Å². The molecule has 2 unspecified atom stereocenters. The number of hydrogen-bond acceptors (Lipinski definition) is 5. The summed E-state index contributed by atoms with van der Waals surface area (Å²) in [4.78, 5) is 4.96. The van der Waals surface area contributed by atoms with Crippen LogP contribution in [0.5, 0.6) is 17.2 Å². The smallest absolute Gasteiger partial charge is 0.162 e. The molecule has 2 N–H and O–H groups in total. The average Bonchev–Trinajstić information content (AvgIpc) is 2.79. The van der Waals surface area contributed by atoms with Crippen molar-refractivity contribution in [3.8, 4) is 17.2 Å². The van der Waals surface area contributed by atoms with Crippen LogP contribution in [0.1, 0.15) is 35.3 Å². The Morgan fingerprint density at radius 2 is 1.70 bits per heavy atom. The fraction of sp³-hybridized carbons (Fsp3) is 0.208. The summed E-state index contributed by atoms with van der Waals surface area (Å²) in [5, 5.41) is 14.9. The van der Waals surface area contributed by atoms with E-state index in [1.807, 2.05) is 60.7 Å². The van der Waals surface area contributed by atoms with Crippen LogP contribution in [-0.2, 0) is 0 Å². The zero-order valence-corrected chi connectivity index (χ0v) is 17.6. The molecule has 154 valence electrons. The summed E-state index contributed by atoms with van der Waals surface area (Å²) in [7, 11) is 3.20. The van der Waals surface area contributed by atoms with Crippen molar-refractivity contribution in [3.63, 3.8) is 0 Å². The molecule has 0 saturated carbocycles. The van der Waals surface area contributed by atoms with E-state index in [0.717, 1.165) is 28.2 Å². The molecule has 0 amide bonds. The van der Waals surface area contributed by atoms with Crippen LogP contribution in [0.2, 0.25) is 5.02 Å². The number of halogens is 1. The number of para-hydroxylation sites is 1. The summed E-state index contributed by atoms with van der Waals surface area (Å²) in [6.07, 6.45) is 0.348. The van der Waals surface area contributed by atoms with Gasteiger partial charge in [-0.1, -0.05) is 35.9 Å². The fourth-order valence-electron chi connectivity index (χ4n) is 3.67. The molecular weight excluding hydrogens is 400 g/mol. The second kappa shape index (κ2) is 8.78. The maximum absolute atomic E-state index is 10.7. The number of hydrogen-bond donors (Lipinski definition) is 2. The van der Waals surface area contributed by atoms with E-state index in [-0.39, 0.29) is 18.0 Å². The molecule has 0 saturated heterocycles. The normalized spacial score (nSPS) is 18.6. The largest absolute Gasteiger partial charge is 0.504 e. The summed E-state index contributed by atoms with van der Waals surface area (Å²) >= 11 is 6.07. The highest BCUT2D eigenvalue weighted by molar-refractivity contribution is 6.30. The standard InChI is InChI=1S/C24H23ClN2O3/c1-29-18-12-8-15(9-13-18)20-14-21(19-4-3-5-22(30-2)23(19)28)27-24(26-20)16-6-10-17(25)11-7-16/h3-13,21,24,27-28H,14H2,1-2H3. The molecule has 0 fully saturated rings. The molecule has 6 heteroatoms. The van der Waals surface area contributed by atoms with Crippen molar-refractivity contribution in [3.05, 3.63) is 88.4 Å². The minimum atomic E-state index is -0.274. The van der Waals surface area contributed by atoms with Crippen molar-refractivity contribution in [2.24, 2.45) is 4.99 Å². The third-order valence-electron chi connectivity index (χ3n) is 5.28. The molecule has 1 heterocycles. The van der Waals surface area contributed by atoms with Gasteiger partial charge in [-0.05, 0) is 53.6 Å². The highest BCUT2D eigenvalue weighted by Crippen LogP contribution is 2.38. The lowest BCUT2D eigenvalue weighted by Crippen LogP contribution is -2.33. The van der Waals surface area contributed by atoms with Crippen LogP contribution in [0, 0.1) is 0 Å². The molecule has 1 aliphatic rings. The summed E-state index contributed by atoms with van der Waals surface area (Å²) in [6.45, 7) is 0. The molecule has 4 rings (SSSR count). The average molecular weight is 423 g/mol. The molecule has 0 spiro atoms. The van der Waals surface area contributed by atoms with Crippen LogP contribution < -0.4 is 14.8 Å². The Morgan fingerprint density at radius 1 is 0.967 bits per heavy atom. The monoisotopic (exact) mass is 422 g/mol. The van der Waals surface area contributed by atoms with E-state index in [4.69, 9.17) is 26.1 Å². The van der Waals surface area contributed by atoms with Gasteiger partial charge in [-0.3, -0.25) is 10.3 Å². The SMILES string of the molecule is COc1ccc(C2=NC(c3ccc(Cl)cc3)NC(c3cccc(OC)c3O)C2)cc1. The van der Waals surface area contributed by atoms with E-state index in [2.05, 4.69) is 5.32 Å². The number of phenols is 1. The number of nitrogens with zero attached hydrogens (tertiary/aromatic N) is 1. The number of methoxy groups -OCH3 is 2. The van der Waals surface area contributed by atoms with E-state index < -0.39 is 0 Å². The molecule has 3 aromatic rings. The Kier molecular flexibility index (Phi) is 5.93. The van der Waals surface area contributed by atoms with Gasteiger partial charge in [0.25, 0.3) is 0 Å². The Morgan fingerprint density at radius 3 is 2.37 bits per heavy atom. The highest BCUT2D eigenvalue weighted by Gasteiger charge is 2.28. The predicted octanol–water partition coefficient (Wildman–Crippen LogP) is 5.29. The van der Waals surface area contributed by atoms with E-state index >= 15 is 0 Å². The molecule has 0 bridgehead atoms. The van der Waals surface area contributed by atoms with Crippen molar-refractivity contribution in [2.75, 3.05) is 14.2 Å². The topological polar surface area (TPSA) is 63.1 Å². The van der Waals surface area contributed by atoms with Crippen LogP contribution in [0.25, 0.3) is 0 Å². The van der Waals surface area contributed by atoms with Gasteiger partial charge in [0.1, 0.15) is 11.9 Å². The van der Waals surface area contributed by atoms with Gasteiger partial charge in [-0.15, -0.1) is 0 Å². The van der Waals surface area contributed by atoms with Crippen molar-refractivity contribution >= 4 is 17.3 Å². The number of ether oxygens (including phenoxy) is 2. The van der Waals surface area contributed by atoms with E-state index in [0.29, 0.717) is 17.2 Å². The van der Waals surface area contributed by atoms with Gasteiger partial charge in [0, 0.05) is 28.8 Å². The van der Waals surface area contributed by atoms with Crippen LogP contribution in [-0.4, -0.2) is 25.0 Å². The van der Waals surface area contributed by atoms with Crippen LogP contribution >= 0.6 is 11.6 Å². The first kappa shape index (κ1) is 20.3. The summed E-state index contributed by atoms with van der Waals surface area (Å²) in [5.41, 5.74) is 3.74. The highest BCUT2D eigenvalue weighted by atomic mass is 35.5. The number of phenolic OH excluding ortho intramolecular Hbond substituents is 1. The Hall–Kier alpha value is -3.02. The zero-order chi connectivity index (χ0) is 21.1. The van der Waals surface area contributed by atoms with Gasteiger partial charge in [0.15, 0.2) is 11.5 Å². The number of benzene rings is 3. The van der Waals surface area contributed by atoms with E-state index in [1.165, 1.54) is 0 Å². The molecule has 0 radical (unpaired) electrons. The number of rotatable bonds is 5. The van der Waals surface area contributed by atoms with E-state index in [1.54, 1.807) is 20.3 Å². The summed E-state index contributed by atoms with van der Waals surface area (Å²) in [6, 6.07) is 20.9. The van der Waals surface area contributed by atoms with Crippen LogP contribution in [0.4, 0.5) is 0 Å². The molecular formula is C24H23ClN2O3. The third kappa shape index (κ3) is 4.13. The Balaban J connectivity index is 1.75. The van der Waals surface area contributed by atoms with Gasteiger partial charge in [0.2, 0.25) is 0 Å². The summed E-state index contributed by atoms with van der Waals surface area (Å²) in [5.74, 6) is 1.39. The molecule has 5 nitrogen and oxygen atoms in total. The zero-order valence-electron chi connectivity index (χ0n) is 16.8. The third-order valence-corrected chi connectivity index (χ3v) is 5.53. The first-order chi connectivity index (χ1) is 14.6. The van der Waals surface area contributed by atoms with E-state index in [9.17, 15) is 5.11 Å². The second-order valence-corrected chi connectivity index (χ2v) is 7.52. The maximum atomic E-state index is 10.7. The lowest BCUT2D eigenvalue weighted by molar-refractivity contribution is 0.360. The maximum Gasteiger partial charge on any atom is 0.162 e. The van der Waals surface area contributed by atoms with Crippen LogP contribution in [0.3, 0.4) is 0 Å². The van der Waals surface area contributed by atoms with Crippen molar-refractivity contribution < 1.29 is 14.6 Å². The second-order valence-electron chi connectivity index (χ2n) is 7.08. The molecule has 0 aliphatic carbocycles. The quantitative estimate of drug-likeness (QED) is 0.586. The first-order valence-corrected chi connectivity index (χ1v) is 10.1. The van der Waals surface area contributed by atoms with Gasteiger partial charge in [0.05, 0.1) is 14.2 Å². The Labute approximate surface area is 180 Å². The van der Waals surface area contributed by atoms with Crippen molar-refractivity contribution in [1.82, 2.24) is 5.32 Å². The molecule has 2 atom stereocenters. The minimum absolute atomic E-state index is 0.142. The summed E-state index contributed by atoms with van der Waals surface area (Å²) < 4.78 is 10.6. The van der Waals surface area contributed by atoms with Gasteiger partial charge >= 0.3 is 0 Å². The molecule has 0 aromatic heterocycles. The number of nitrogens with one attached hydrogen (secondary N) is 1. The fourth-order valence-corrected chi connectivity index (χ4v) is 3.79. The molecule has 1 aliphatic heterocycles. The molecule has 3 aromatic carbocycles. The van der Waals surface area contributed by atoms with Crippen molar-refractivity contribution in [1.29, 1.82) is 0 Å². The minimum Gasteiger partial charge on any atom is -0.504 e. The lowest BCUT2D eigenvalue weighted by atomic mass is 9.93. The van der Waals surface area contributed by atoms with Crippen LogP contribution in [0.15, 0.2) is 71.7 Å². The Bertz CT molecular complexity index is 1050. The van der Waals surface area contributed by atoms with Gasteiger partial charge < -0.3 is 14.6 Å². The molecule has 30 heavy (non-hydrogen) atoms. The number of aliphatic imine (C=N–C) groups is 1. The number of aromatic hydroxyl groups is 1. The van der Waals surface area contributed by atoms with Crippen molar-refractivity contribution in [2.45, 2.75) is 18.6 Å².